The fraction of sp³-hybridized carbons (Fsp3) is 0.207. The summed E-state index contributed by atoms with van der Waals surface area (Å²) in [6, 6.07) is 14.9. The number of aromatic nitrogens is 5. The Kier molecular flexibility index (Phi) is 8.42. The minimum Gasteiger partial charge on any atom is -0.438 e. The van der Waals surface area contributed by atoms with Crippen LogP contribution in [0.4, 0.5) is 15.9 Å². The van der Waals surface area contributed by atoms with E-state index in [1.807, 2.05) is 6.92 Å². The number of halogens is 1. The molecule has 3 N–H and O–H groups in total. The van der Waals surface area contributed by atoms with Crippen molar-refractivity contribution in [2.75, 3.05) is 10.6 Å². The van der Waals surface area contributed by atoms with E-state index in [4.69, 9.17) is 9.29 Å². The van der Waals surface area contributed by atoms with Gasteiger partial charge in [0.05, 0.1) is 22.5 Å². The van der Waals surface area contributed by atoms with E-state index in [0.29, 0.717) is 22.9 Å². The van der Waals surface area contributed by atoms with Crippen LogP contribution in [0, 0.1) is 25.6 Å². The van der Waals surface area contributed by atoms with Crippen molar-refractivity contribution in [1.82, 2.24) is 24.4 Å². The van der Waals surface area contributed by atoms with Crippen LogP contribution in [-0.2, 0) is 22.0 Å². The van der Waals surface area contributed by atoms with Gasteiger partial charge in [0, 0.05) is 25.1 Å². The van der Waals surface area contributed by atoms with Crippen molar-refractivity contribution in [3.05, 3.63) is 89.6 Å². The molecule has 0 radical (unpaired) electrons. The van der Waals surface area contributed by atoms with Gasteiger partial charge in [-0.1, -0.05) is 17.7 Å². The summed E-state index contributed by atoms with van der Waals surface area (Å²) in [7, 11) is -2.38. The van der Waals surface area contributed by atoms with Gasteiger partial charge in [0.1, 0.15) is 17.3 Å². The van der Waals surface area contributed by atoms with Crippen LogP contribution < -0.4 is 15.4 Å². The zero-order valence-electron chi connectivity index (χ0n) is 23.9. The van der Waals surface area contributed by atoms with E-state index in [2.05, 4.69) is 25.8 Å². The Balaban J connectivity index is 0.000000296. The molecule has 2 aromatic carbocycles. The molecule has 1 aliphatic carbocycles. The van der Waals surface area contributed by atoms with Crippen molar-refractivity contribution in [3.8, 4) is 11.6 Å². The largest absolute Gasteiger partial charge is 0.438 e. The molecule has 0 unspecified atom stereocenters. The number of rotatable bonds is 7. The maximum absolute atomic E-state index is 14.3. The van der Waals surface area contributed by atoms with E-state index in [-0.39, 0.29) is 34.0 Å². The molecular weight excluding hydrogens is 593 g/mol. The van der Waals surface area contributed by atoms with E-state index < -0.39 is 21.8 Å². The van der Waals surface area contributed by atoms with Crippen molar-refractivity contribution >= 4 is 39.1 Å². The molecule has 3 aromatic heterocycles. The molecule has 0 atom stereocenters. The summed E-state index contributed by atoms with van der Waals surface area (Å²) in [6.45, 7) is 3.60. The first kappa shape index (κ1) is 30.3. The first-order valence-electron chi connectivity index (χ1n) is 13.4. The van der Waals surface area contributed by atoms with Crippen molar-refractivity contribution in [2.45, 2.75) is 31.6 Å². The van der Waals surface area contributed by atoms with Gasteiger partial charge in [-0.15, -0.1) is 5.10 Å². The van der Waals surface area contributed by atoms with E-state index in [9.17, 15) is 22.4 Å². The number of hydrogen-bond donors (Lipinski definition) is 3. The predicted octanol–water partition coefficient (Wildman–Crippen LogP) is 4.55. The summed E-state index contributed by atoms with van der Waals surface area (Å²) in [5.41, 5.74) is 2.43. The van der Waals surface area contributed by atoms with Crippen LogP contribution in [0.2, 0.25) is 0 Å². The Hall–Kier alpha value is -5.15. The summed E-state index contributed by atoms with van der Waals surface area (Å²) in [4.78, 5) is 28.7. The number of amides is 2. The smallest absolute Gasteiger partial charge is 0.294 e. The second kappa shape index (κ2) is 12.2. The molecule has 1 saturated carbocycles. The third-order valence-corrected chi connectivity index (χ3v) is 7.32. The van der Waals surface area contributed by atoms with Crippen molar-refractivity contribution in [2.24, 2.45) is 13.0 Å². The van der Waals surface area contributed by atoms with Gasteiger partial charge in [0.2, 0.25) is 11.8 Å². The molecule has 1 fully saturated rings. The maximum Gasteiger partial charge on any atom is 0.294 e. The number of fused-ring (bicyclic) bond motifs is 1. The molecule has 2 amide bonds. The van der Waals surface area contributed by atoms with Gasteiger partial charge < -0.3 is 15.4 Å². The SMILES string of the molecule is Cc1cc(C(=O)Nc2cc(Oc3ccc4nc(NC(=O)C5CC5)cn4n3)ccc2F)n(C)n1.Cc1ccc(S(=O)(=O)O)cc1. The standard InChI is InChI=1S/C22H20FN7O3.C7H8O3S/c1-12-9-17(29(2)27-12)22(32)24-16-10-14(5-6-15(16)23)33-20-8-7-19-25-18(11-30(19)28-20)26-21(31)13-3-4-13;1-6-2-4-7(5-3-6)11(8,9)10/h5-11,13H,3-4H2,1-2H3,(H,24,32)(H,26,31);2-5H,1H3,(H,8,9,10). The second-order valence-corrected chi connectivity index (χ2v) is 11.6. The van der Waals surface area contributed by atoms with Gasteiger partial charge in [-0.2, -0.15) is 13.5 Å². The van der Waals surface area contributed by atoms with Crippen LogP contribution in [0.5, 0.6) is 11.6 Å². The van der Waals surface area contributed by atoms with Gasteiger partial charge >= 0.3 is 0 Å². The van der Waals surface area contributed by atoms with Crippen LogP contribution in [0.1, 0.15) is 34.6 Å². The molecule has 6 rings (SSSR count). The summed E-state index contributed by atoms with van der Waals surface area (Å²) in [5, 5.41) is 13.8. The molecule has 5 aromatic rings. The molecule has 1 aliphatic rings. The topological polar surface area (TPSA) is 170 Å². The molecule has 0 spiro atoms. The molecule has 228 valence electrons. The minimum atomic E-state index is -4.02. The Bertz CT molecular complexity index is 1970. The molecule has 0 bridgehead atoms. The lowest BCUT2D eigenvalue weighted by atomic mass is 10.2. The number of imidazole rings is 1. The monoisotopic (exact) mass is 621 g/mol. The van der Waals surface area contributed by atoms with Crippen molar-refractivity contribution in [1.29, 1.82) is 0 Å². The Morgan fingerprint density at radius 3 is 2.36 bits per heavy atom. The maximum atomic E-state index is 14.3. The van der Waals surface area contributed by atoms with E-state index in [0.717, 1.165) is 18.4 Å². The lowest BCUT2D eigenvalue weighted by Crippen LogP contribution is -2.16. The molecule has 15 heteroatoms. The zero-order chi connectivity index (χ0) is 31.6. The zero-order valence-corrected chi connectivity index (χ0v) is 24.7. The number of anilines is 2. The molecule has 0 aliphatic heterocycles. The number of nitrogens with one attached hydrogen (secondary N) is 2. The number of nitrogens with zero attached hydrogens (tertiary/aromatic N) is 5. The highest BCUT2D eigenvalue weighted by molar-refractivity contribution is 7.85. The number of ether oxygens (including phenoxy) is 1. The third kappa shape index (κ3) is 7.43. The van der Waals surface area contributed by atoms with Gasteiger partial charge in [-0.3, -0.25) is 18.8 Å². The molecule has 13 nitrogen and oxygen atoms in total. The highest BCUT2D eigenvalue weighted by Crippen LogP contribution is 2.30. The molecule has 0 saturated heterocycles. The van der Waals surface area contributed by atoms with E-state index in [1.54, 1.807) is 50.5 Å². The summed E-state index contributed by atoms with van der Waals surface area (Å²) >= 11 is 0. The summed E-state index contributed by atoms with van der Waals surface area (Å²) in [5.74, 6) is -0.160. The van der Waals surface area contributed by atoms with Crippen LogP contribution in [-0.4, -0.2) is 49.2 Å². The number of carbonyl (C=O) groups excluding carboxylic acids is 2. The average molecular weight is 622 g/mol. The molecule has 3 heterocycles. The Morgan fingerprint density at radius 2 is 1.73 bits per heavy atom. The lowest BCUT2D eigenvalue weighted by Gasteiger charge is -2.10. The van der Waals surface area contributed by atoms with Crippen molar-refractivity contribution in [3.63, 3.8) is 0 Å². The van der Waals surface area contributed by atoms with Gasteiger partial charge in [0.25, 0.3) is 16.0 Å². The number of hydrogen-bond acceptors (Lipinski definition) is 8. The van der Waals surface area contributed by atoms with Crippen LogP contribution in [0.25, 0.3) is 5.65 Å². The molecular formula is C29H28FN7O6S. The molecule has 44 heavy (non-hydrogen) atoms. The first-order chi connectivity index (χ1) is 20.9. The van der Waals surface area contributed by atoms with Crippen LogP contribution in [0.15, 0.2) is 71.8 Å². The van der Waals surface area contributed by atoms with E-state index in [1.165, 1.54) is 39.5 Å². The number of aryl methyl sites for hydroxylation is 3. The normalized spacial score (nSPS) is 12.8. The van der Waals surface area contributed by atoms with Crippen LogP contribution in [0.3, 0.4) is 0 Å². The third-order valence-electron chi connectivity index (χ3n) is 6.46. The average Bonchev–Trinajstić information content (AvgIpc) is 3.65. The quantitative estimate of drug-likeness (QED) is 0.221. The summed E-state index contributed by atoms with van der Waals surface area (Å²) in [6.07, 6.45) is 3.39. The number of benzene rings is 2. The lowest BCUT2D eigenvalue weighted by molar-refractivity contribution is -0.117. The minimum absolute atomic E-state index is 0.0369. The fourth-order valence-corrected chi connectivity index (χ4v) is 4.54. The van der Waals surface area contributed by atoms with Gasteiger partial charge in [-0.05, 0) is 63.1 Å². The summed E-state index contributed by atoms with van der Waals surface area (Å²) < 4.78 is 52.5. The first-order valence-corrected chi connectivity index (χ1v) is 14.8. The second-order valence-electron chi connectivity index (χ2n) is 10.1. The van der Waals surface area contributed by atoms with Gasteiger partial charge in [-0.25, -0.2) is 13.9 Å². The van der Waals surface area contributed by atoms with E-state index >= 15 is 0 Å². The highest BCUT2D eigenvalue weighted by Gasteiger charge is 2.30. The Morgan fingerprint density at radius 1 is 1.00 bits per heavy atom. The highest BCUT2D eigenvalue weighted by atomic mass is 32.2. The predicted molar refractivity (Wildman–Crippen MR) is 158 cm³/mol. The fourth-order valence-electron chi connectivity index (χ4n) is 4.06. The Labute approximate surface area is 251 Å². The van der Waals surface area contributed by atoms with Crippen LogP contribution >= 0.6 is 0 Å². The van der Waals surface area contributed by atoms with Crippen molar-refractivity contribution < 1.29 is 31.7 Å². The number of carbonyl (C=O) groups is 2. The van der Waals surface area contributed by atoms with Gasteiger partial charge in [0.15, 0.2) is 11.5 Å².